The van der Waals surface area contributed by atoms with E-state index in [0.717, 1.165) is 0 Å². The van der Waals surface area contributed by atoms with Gasteiger partial charge in [0.05, 0.1) is 24.7 Å². The second-order valence-electron chi connectivity index (χ2n) is 4.60. The van der Waals surface area contributed by atoms with Crippen molar-refractivity contribution < 1.29 is 36.8 Å². The summed E-state index contributed by atoms with van der Waals surface area (Å²) in [6.07, 6.45) is 6.27. The maximum Gasteiger partial charge on any atom is 0.335 e. The second kappa shape index (κ2) is 6.90. The molecule has 0 aliphatic rings. The van der Waals surface area contributed by atoms with Crippen molar-refractivity contribution in [2.75, 3.05) is 0 Å². The van der Waals surface area contributed by atoms with Crippen molar-refractivity contribution in [1.82, 2.24) is 4.57 Å². The monoisotopic (exact) mass is 310 g/mol. The standard InChI is InChI=1S/C14H14N2O4.ClH/c1-15-4-5-16(9-15)3-2-10-6-11(13(17)18)8-12(7-10)14(19)20;/h4-9H,2-3H2,1H3,(H-,17,18,19,20);1H. The third kappa shape index (κ3) is 4.32. The number of benzene rings is 1. The molecule has 2 rings (SSSR count). The highest BCUT2D eigenvalue weighted by Crippen LogP contribution is 2.12. The van der Waals surface area contributed by atoms with Crippen molar-refractivity contribution in [3.05, 3.63) is 53.6 Å². The van der Waals surface area contributed by atoms with Gasteiger partial charge >= 0.3 is 11.9 Å². The zero-order chi connectivity index (χ0) is 14.7. The predicted molar refractivity (Wildman–Crippen MR) is 69.7 cm³/mol. The first-order chi connectivity index (χ1) is 9.45. The van der Waals surface area contributed by atoms with Gasteiger partial charge in [-0.1, -0.05) is 0 Å². The van der Waals surface area contributed by atoms with E-state index in [1.165, 1.54) is 18.2 Å². The van der Waals surface area contributed by atoms with E-state index in [1.807, 2.05) is 34.9 Å². The molecule has 21 heavy (non-hydrogen) atoms. The number of carboxylic acid groups (broad SMARTS) is 2. The molecule has 0 atom stereocenters. The Kier molecular flexibility index (Phi) is 5.49. The van der Waals surface area contributed by atoms with Gasteiger partial charge in [-0.2, -0.15) is 0 Å². The van der Waals surface area contributed by atoms with Crippen LogP contribution in [-0.4, -0.2) is 26.7 Å². The molecule has 0 fully saturated rings. The molecule has 1 aromatic carbocycles. The summed E-state index contributed by atoms with van der Waals surface area (Å²) in [5.41, 5.74) is 0.689. The summed E-state index contributed by atoms with van der Waals surface area (Å²) >= 11 is 0. The van der Waals surface area contributed by atoms with Crippen molar-refractivity contribution in [2.24, 2.45) is 7.05 Å². The van der Waals surface area contributed by atoms with E-state index in [0.29, 0.717) is 18.5 Å². The third-order valence-corrected chi connectivity index (χ3v) is 2.97. The van der Waals surface area contributed by atoms with Crippen molar-refractivity contribution >= 4 is 11.9 Å². The topological polar surface area (TPSA) is 83.4 Å². The van der Waals surface area contributed by atoms with E-state index >= 15 is 0 Å². The van der Waals surface area contributed by atoms with Crippen LogP contribution < -0.4 is 17.0 Å². The van der Waals surface area contributed by atoms with Crippen molar-refractivity contribution in [3.8, 4) is 0 Å². The third-order valence-electron chi connectivity index (χ3n) is 2.97. The van der Waals surface area contributed by atoms with E-state index in [2.05, 4.69) is 0 Å². The number of carbonyl (C=O) groups is 2. The molecule has 112 valence electrons. The molecule has 2 N–H and O–H groups in total. The van der Waals surface area contributed by atoms with Crippen LogP contribution in [0.3, 0.4) is 0 Å². The molecule has 0 aliphatic heterocycles. The maximum atomic E-state index is 11.0. The van der Waals surface area contributed by atoms with Crippen LogP contribution in [0.2, 0.25) is 0 Å². The Hall–Kier alpha value is -2.34. The summed E-state index contributed by atoms with van der Waals surface area (Å²) in [7, 11) is 1.91. The largest absolute Gasteiger partial charge is 1.00 e. The Morgan fingerprint density at radius 1 is 1.14 bits per heavy atom. The molecule has 1 heterocycles. The highest BCUT2D eigenvalue weighted by molar-refractivity contribution is 5.94. The molecule has 0 amide bonds. The van der Waals surface area contributed by atoms with Gasteiger partial charge in [0.15, 0.2) is 0 Å². The molecular formula is C14H15ClN2O4. The smallest absolute Gasteiger partial charge is 0.335 e. The van der Waals surface area contributed by atoms with Crippen LogP contribution in [0.4, 0.5) is 0 Å². The van der Waals surface area contributed by atoms with Crippen LogP contribution in [0.5, 0.6) is 0 Å². The van der Waals surface area contributed by atoms with Gasteiger partial charge in [0.2, 0.25) is 6.33 Å². The molecule has 0 unspecified atom stereocenters. The second-order valence-corrected chi connectivity index (χ2v) is 4.60. The molecule has 0 aliphatic carbocycles. The van der Waals surface area contributed by atoms with Gasteiger partial charge in [0.1, 0.15) is 12.4 Å². The summed E-state index contributed by atoms with van der Waals surface area (Å²) in [6.45, 7) is 0.656. The van der Waals surface area contributed by atoms with Gasteiger partial charge in [-0.25, -0.2) is 18.7 Å². The number of aryl methyl sites for hydroxylation is 3. The predicted octanol–water partition coefficient (Wildman–Crippen LogP) is -2.04. The summed E-state index contributed by atoms with van der Waals surface area (Å²) in [5, 5.41) is 18.0. The first-order valence-electron chi connectivity index (χ1n) is 6.07. The molecular weight excluding hydrogens is 296 g/mol. The lowest BCUT2D eigenvalue weighted by Crippen LogP contribution is -3.00. The van der Waals surface area contributed by atoms with E-state index in [9.17, 15) is 9.59 Å². The van der Waals surface area contributed by atoms with E-state index in [4.69, 9.17) is 10.2 Å². The minimum Gasteiger partial charge on any atom is -1.00 e. The number of halogens is 1. The van der Waals surface area contributed by atoms with Crippen LogP contribution in [0.15, 0.2) is 36.9 Å². The lowest BCUT2D eigenvalue weighted by Gasteiger charge is -2.04. The number of aromatic nitrogens is 2. The van der Waals surface area contributed by atoms with E-state index in [-0.39, 0.29) is 23.5 Å². The quantitative estimate of drug-likeness (QED) is 0.623. The van der Waals surface area contributed by atoms with Gasteiger partial charge in [0, 0.05) is 6.42 Å². The number of carboxylic acids is 2. The Balaban J connectivity index is 0.00000220. The van der Waals surface area contributed by atoms with Gasteiger partial charge in [-0.05, 0) is 23.8 Å². The zero-order valence-corrected chi connectivity index (χ0v) is 12.1. The summed E-state index contributed by atoms with van der Waals surface area (Å²) in [6, 6.07) is 4.19. The minimum absolute atomic E-state index is 0. The van der Waals surface area contributed by atoms with Gasteiger partial charge in [-0.3, -0.25) is 0 Å². The number of imidazole rings is 1. The Morgan fingerprint density at radius 3 is 2.14 bits per heavy atom. The van der Waals surface area contributed by atoms with Crippen LogP contribution >= 0.6 is 0 Å². The Bertz CT molecular complexity index is 634. The van der Waals surface area contributed by atoms with Crippen LogP contribution in [0, 0.1) is 0 Å². The lowest BCUT2D eigenvalue weighted by molar-refractivity contribution is -0.671. The van der Waals surface area contributed by atoms with Crippen LogP contribution in [0.1, 0.15) is 26.3 Å². The van der Waals surface area contributed by atoms with E-state index < -0.39 is 11.9 Å². The summed E-state index contributed by atoms with van der Waals surface area (Å²) in [4.78, 5) is 22.0. The number of hydrogen-bond acceptors (Lipinski definition) is 2. The maximum absolute atomic E-state index is 11.0. The molecule has 0 radical (unpaired) electrons. The van der Waals surface area contributed by atoms with Crippen LogP contribution in [0.25, 0.3) is 0 Å². The zero-order valence-electron chi connectivity index (χ0n) is 11.4. The van der Waals surface area contributed by atoms with Crippen molar-refractivity contribution in [2.45, 2.75) is 13.0 Å². The molecule has 0 spiro atoms. The SMILES string of the molecule is C[n+]1ccn(CCc2cc(C(=O)O)cc(C(=O)O)c2)c1.[Cl-]. The number of rotatable bonds is 5. The molecule has 0 bridgehead atoms. The highest BCUT2D eigenvalue weighted by Gasteiger charge is 2.12. The molecule has 0 saturated carbocycles. The van der Waals surface area contributed by atoms with Crippen LogP contribution in [-0.2, 0) is 20.0 Å². The minimum atomic E-state index is -1.12. The van der Waals surface area contributed by atoms with Crippen molar-refractivity contribution in [3.63, 3.8) is 0 Å². The fourth-order valence-corrected chi connectivity index (χ4v) is 1.98. The molecule has 2 aromatic rings. The van der Waals surface area contributed by atoms with Gasteiger partial charge in [-0.15, -0.1) is 0 Å². The van der Waals surface area contributed by atoms with Gasteiger partial charge in [0.25, 0.3) is 0 Å². The highest BCUT2D eigenvalue weighted by atomic mass is 35.5. The fourth-order valence-electron chi connectivity index (χ4n) is 1.98. The Labute approximate surface area is 127 Å². The Morgan fingerprint density at radius 2 is 1.71 bits per heavy atom. The van der Waals surface area contributed by atoms with Gasteiger partial charge < -0.3 is 22.6 Å². The average molecular weight is 311 g/mol. The molecule has 0 saturated heterocycles. The fraction of sp³-hybridized carbons (Fsp3) is 0.214. The summed E-state index contributed by atoms with van der Waals surface area (Å²) in [5.74, 6) is -2.25. The van der Waals surface area contributed by atoms with E-state index in [1.54, 1.807) is 0 Å². The van der Waals surface area contributed by atoms with Crippen molar-refractivity contribution in [1.29, 1.82) is 0 Å². The first kappa shape index (κ1) is 16.7. The molecule has 7 heteroatoms. The molecule has 6 nitrogen and oxygen atoms in total. The first-order valence-corrected chi connectivity index (χ1v) is 6.07. The average Bonchev–Trinajstić information content (AvgIpc) is 2.81. The summed E-state index contributed by atoms with van der Waals surface area (Å²) < 4.78 is 3.85. The number of aromatic carboxylic acids is 2. The lowest BCUT2D eigenvalue weighted by atomic mass is 10.0. The number of hydrogen-bond donors (Lipinski definition) is 2. The normalized spacial score (nSPS) is 9.95. The number of nitrogens with zero attached hydrogens (tertiary/aromatic N) is 2. The molecule has 1 aromatic heterocycles.